The first-order valence-corrected chi connectivity index (χ1v) is 11.7. The summed E-state index contributed by atoms with van der Waals surface area (Å²) in [6.07, 6.45) is 3.65. The van der Waals surface area contributed by atoms with Gasteiger partial charge in [-0.05, 0) is 17.0 Å². The summed E-state index contributed by atoms with van der Waals surface area (Å²) in [5, 5.41) is 9.92. The summed E-state index contributed by atoms with van der Waals surface area (Å²) in [5.74, 6) is 2.20. The quantitative estimate of drug-likeness (QED) is 0.441. The predicted octanol–water partition coefficient (Wildman–Crippen LogP) is 3.76. The largest absolute Gasteiger partial charge is 0.193 e. The Labute approximate surface area is 115 Å². The lowest BCUT2D eigenvalue weighted by atomic mass is 10.2. The summed E-state index contributed by atoms with van der Waals surface area (Å²) < 4.78 is 0. The minimum absolute atomic E-state index is 0.377. The molecule has 0 aliphatic rings. The molecule has 1 aromatic carbocycles. The molecule has 1 aromatic rings. The Morgan fingerprint density at radius 1 is 1.22 bits per heavy atom. The number of benzene rings is 1. The van der Waals surface area contributed by atoms with E-state index in [0.29, 0.717) is 10.9 Å². The number of nitriles is 1. The molecule has 3 heteroatoms. The Balaban J connectivity index is 2.66. The molecule has 0 saturated carbocycles. The summed E-state index contributed by atoms with van der Waals surface area (Å²) in [4.78, 5) is 0. The molecular weight excluding hydrogens is 254 g/mol. The SMILES string of the molecule is C[Si](C)(C)C[S+](C/C=C/C#N)Cc1ccccc1. The van der Waals surface area contributed by atoms with E-state index in [1.165, 1.54) is 10.9 Å². The van der Waals surface area contributed by atoms with Crippen LogP contribution in [0.1, 0.15) is 5.56 Å². The highest BCUT2D eigenvalue weighted by atomic mass is 32.2. The molecular formula is C15H22NSSi+. The lowest BCUT2D eigenvalue weighted by molar-refractivity contribution is 1.38. The maximum absolute atomic E-state index is 8.58. The summed E-state index contributed by atoms with van der Waals surface area (Å²) in [7, 11) is -0.661. The van der Waals surface area contributed by atoms with Crippen molar-refractivity contribution in [1.29, 1.82) is 5.26 Å². The Hall–Kier alpha value is -0.983. The van der Waals surface area contributed by atoms with Gasteiger partial charge < -0.3 is 0 Å². The molecule has 0 N–H and O–H groups in total. The van der Waals surface area contributed by atoms with Crippen LogP contribution in [0.5, 0.6) is 0 Å². The van der Waals surface area contributed by atoms with Crippen molar-refractivity contribution >= 4 is 19.0 Å². The van der Waals surface area contributed by atoms with Crippen molar-refractivity contribution in [2.24, 2.45) is 0 Å². The van der Waals surface area contributed by atoms with Crippen molar-refractivity contribution in [1.82, 2.24) is 0 Å². The van der Waals surface area contributed by atoms with Crippen molar-refractivity contribution in [2.45, 2.75) is 25.4 Å². The highest BCUT2D eigenvalue weighted by Crippen LogP contribution is 2.15. The van der Waals surface area contributed by atoms with E-state index >= 15 is 0 Å². The lowest BCUT2D eigenvalue weighted by Crippen LogP contribution is -2.34. The molecule has 0 aliphatic heterocycles. The molecule has 0 heterocycles. The second-order valence-electron chi connectivity index (χ2n) is 5.65. The van der Waals surface area contributed by atoms with Gasteiger partial charge in [-0.25, -0.2) is 0 Å². The van der Waals surface area contributed by atoms with Crippen LogP contribution >= 0.6 is 0 Å². The van der Waals surface area contributed by atoms with Crippen molar-refractivity contribution in [3.05, 3.63) is 48.0 Å². The average molecular weight is 277 g/mol. The Morgan fingerprint density at radius 3 is 2.44 bits per heavy atom. The summed E-state index contributed by atoms with van der Waals surface area (Å²) in [5.41, 5.74) is 1.42. The molecule has 0 saturated heterocycles. The molecule has 0 bridgehead atoms. The molecule has 0 fully saturated rings. The first-order chi connectivity index (χ1) is 8.51. The van der Waals surface area contributed by atoms with Crippen molar-refractivity contribution in [3.8, 4) is 6.07 Å². The topological polar surface area (TPSA) is 23.8 Å². The third kappa shape index (κ3) is 6.68. The van der Waals surface area contributed by atoms with Crippen LogP contribution in [-0.4, -0.2) is 19.2 Å². The number of hydrogen-bond acceptors (Lipinski definition) is 1. The molecule has 1 unspecified atom stereocenters. The third-order valence-electron chi connectivity index (χ3n) is 2.38. The maximum atomic E-state index is 8.58. The van der Waals surface area contributed by atoms with Crippen molar-refractivity contribution < 1.29 is 0 Å². The first kappa shape index (κ1) is 15.1. The van der Waals surface area contributed by atoms with E-state index in [9.17, 15) is 0 Å². The summed E-state index contributed by atoms with van der Waals surface area (Å²) in [6, 6.07) is 12.8. The summed E-state index contributed by atoms with van der Waals surface area (Å²) >= 11 is 0. The predicted molar refractivity (Wildman–Crippen MR) is 85.3 cm³/mol. The number of nitrogens with zero attached hydrogens (tertiary/aromatic N) is 1. The van der Waals surface area contributed by atoms with Gasteiger partial charge in [0, 0.05) is 11.6 Å². The van der Waals surface area contributed by atoms with Crippen LogP contribution in [0.2, 0.25) is 19.6 Å². The molecule has 0 spiro atoms. The van der Waals surface area contributed by atoms with Gasteiger partial charge in [0.05, 0.1) is 11.4 Å². The van der Waals surface area contributed by atoms with Crippen LogP contribution in [0.3, 0.4) is 0 Å². The third-order valence-corrected chi connectivity index (χ3v) is 8.88. The zero-order valence-corrected chi connectivity index (χ0v) is 13.3. The highest BCUT2D eigenvalue weighted by Gasteiger charge is 2.27. The number of allylic oxidation sites excluding steroid dienone is 1. The Bertz CT molecular complexity index is 414. The second-order valence-corrected chi connectivity index (χ2v) is 13.8. The molecule has 18 heavy (non-hydrogen) atoms. The molecule has 1 atom stereocenters. The van der Waals surface area contributed by atoms with E-state index in [-0.39, 0.29) is 0 Å². The van der Waals surface area contributed by atoms with Gasteiger partial charge in [-0.1, -0.05) is 50.0 Å². The molecule has 0 radical (unpaired) electrons. The Kier molecular flexibility index (Phi) is 6.24. The highest BCUT2D eigenvalue weighted by molar-refractivity contribution is 7.97. The van der Waals surface area contributed by atoms with E-state index in [2.05, 4.69) is 56.0 Å². The fourth-order valence-electron chi connectivity index (χ4n) is 1.83. The number of rotatable bonds is 6. The smallest absolute Gasteiger partial charge is 0.133 e. The molecule has 0 amide bonds. The standard InChI is InChI=1S/C15H22NSSi/c1-18(2,3)14-17(12-8-7-11-16)13-15-9-5-4-6-10-15/h4-10H,12-14H2,1-3H3/q+1/b8-7+. The normalized spacial score (nSPS) is 13.4. The van der Waals surface area contributed by atoms with Crippen molar-refractivity contribution in [2.75, 3.05) is 11.1 Å². The lowest BCUT2D eigenvalue weighted by Gasteiger charge is -2.16. The molecule has 1 nitrogen and oxygen atoms in total. The van der Waals surface area contributed by atoms with E-state index in [0.717, 1.165) is 11.5 Å². The zero-order valence-electron chi connectivity index (χ0n) is 11.5. The fourth-order valence-corrected chi connectivity index (χ4v) is 8.76. The minimum Gasteiger partial charge on any atom is -0.193 e. The second kappa shape index (κ2) is 7.45. The van der Waals surface area contributed by atoms with E-state index in [1.54, 1.807) is 6.08 Å². The first-order valence-electron chi connectivity index (χ1n) is 6.24. The minimum atomic E-state index is -1.04. The van der Waals surface area contributed by atoms with Crippen LogP contribution in [0.25, 0.3) is 0 Å². The molecule has 0 aliphatic carbocycles. The monoisotopic (exact) mass is 276 g/mol. The van der Waals surface area contributed by atoms with Gasteiger partial charge in [0.2, 0.25) is 0 Å². The van der Waals surface area contributed by atoms with E-state index < -0.39 is 8.07 Å². The van der Waals surface area contributed by atoms with Gasteiger partial charge in [-0.3, -0.25) is 0 Å². The van der Waals surface area contributed by atoms with Gasteiger partial charge in [-0.2, -0.15) is 5.26 Å². The van der Waals surface area contributed by atoms with Crippen LogP contribution in [-0.2, 0) is 16.6 Å². The van der Waals surface area contributed by atoms with Crippen LogP contribution in [0.4, 0.5) is 0 Å². The van der Waals surface area contributed by atoms with Gasteiger partial charge in [0.15, 0.2) is 0 Å². The molecule has 0 aromatic heterocycles. The molecule has 96 valence electrons. The van der Waals surface area contributed by atoms with E-state index in [1.807, 2.05) is 6.08 Å². The fraction of sp³-hybridized carbons (Fsp3) is 0.400. The maximum Gasteiger partial charge on any atom is 0.133 e. The Morgan fingerprint density at radius 2 is 1.89 bits per heavy atom. The van der Waals surface area contributed by atoms with Gasteiger partial charge >= 0.3 is 0 Å². The number of hydrogen-bond donors (Lipinski definition) is 0. The zero-order chi connectivity index (χ0) is 13.4. The summed E-state index contributed by atoms with van der Waals surface area (Å²) in [6.45, 7) is 7.27. The van der Waals surface area contributed by atoms with Crippen molar-refractivity contribution in [3.63, 3.8) is 0 Å². The average Bonchev–Trinajstić information content (AvgIpc) is 2.28. The van der Waals surface area contributed by atoms with E-state index in [4.69, 9.17) is 5.26 Å². The van der Waals surface area contributed by atoms with Crippen LogP contribution in [0.15, 0.2) is 42.5 Å². The van der Waals surface area contributed by atoms with Gasteiger partial charge in [0.1, 0.15) is 19.6 Å². The molecule has 1 rings (SSSR count). The van der Waals surface area contributed by atoms with Crippen LogP contribution < -0.4 is 0 Å². The van der Waals surface area contributed by atoms with Crippen LogP contribution in [0, 0.1) is 11.3 Å². The van der Waals surface area contributed by atoms with Gasteiger partial charge in [-0.15, -0.1) is 0 Å². The van der Waals surface area contributed by atoms with Gasteiger partial charge in [0.25, 0.3) is 0 Å².